The van der Waals surface area contributed by atoms with Crippen LogP contribution in [-0.4, -0.2) is 189 Å². The maximum absolute atomic E-state index is 12.4. The number of Topliss-reactive ketones (excluding diaryl/α,β-unsaturated/α-hetero) is 4. The summed E-state index contributed by atoms with van der Waals surface area (Å²) in [6.07, 6.45) is 18.6. The zero-order valence-electron chi connectivity index (χ0n) is 70.9. The number of fused-ring (bicyclic) bond motifs is 7. The fraction of sp³-hybridized carbons (Fsp3) is 0.578. The van der Waals surface area contributed by atoms with Gasteiger partial charge in [0.1, 0.15) is 46.5 Å². The molecule has 28 nitrogen and oxygen atoms in total. The number of ketones is 4. The minimum Gasteiger partial charge on any atom is -0.463 e. The highest BCUT2D eigenvalue weighted by atomic mass is 16.5. The second-order valence-electron chi connectivity index (χ2n) is 33.6. The van der Waals surface area contributed by atoms with Gasteiger partial charge in [-0.3, -0.25) is 33.9 Å². The predicted molar refractivity (Wildman–Crippen MR) is 463 cm³/mol. The van der Waals surface area contributed by atoms with Crippen LogP contribution in [0.2, 0.25) is 0 Å². The molecule has 8 aliphatic heterocycles. The molecule has 634 valence electrons. The van der Waals surface area contributed by atoms with Gasteiger partial charge in [-0.15, -0.1) is 0 Å². The number of anilines is 8. The molecule has 0 unspecified atom stereocenters. The summed E-state index contributed by atoms with van der Waals surface area (Å²) in [4.78, 5) is 101. The summed E-state index contributed by atoms with van der Waals surface area (Å²) in [5, 5.41) is 3.39. The molecular formula is C90H126N20O8. The number of benzene rings is 3. The highest BCUT2D eigenvalue weighted by Gasteiger charge is 2.35. The van der Waals surface area contributed by atoms with E-state index in [0.29, 0.717) is 149 Å². The number of nitrogens with one attached hydrogen (secondary N) is 1. The van der Waals surface area contributed by atoms with Gasteiger partial charge < -0.3 is 66.8 Å². The molecule has 28 heteroatoms. The number of hydrogen-bond donors (Lipinski definition) is 5. The lowest BCUT2D eigenvalue weighted by molar-refractivity contribution is -0.118. The summed E-state index contributed by atoms with van der Waals surface area (Å²) in [6.45, 7) is 32.4. The zero-order chi connectivity index (χ0) is 82.8. The lowest BCUT2D eigenvalue weighted by Gasteiger charge is -2.33. The molecule has 0 bridgehead atoms. The first-order valence-electron chi connectivity index (χ1n) is 43.7. The Morgan fingerprint density at radius 1 is 0.407 bits per heavy atom. The molecule has 118 heavy (non-hydrogen) atoms. The second kappa shape index (κ2) is 41.2. The maximum Gasteiger partial charge on any atom is 0.320 e. The molecule has 12 heterocycles. The first kappa shape index (κ1) is 86.0. The predicted octanol–water partition coefficient (Wildman–Crippen LogP) is 10.6. The minimum atomic E-state index is 0.132. The van der Waals surface area contributed by atoms with Gasteiger partial charge >= 0.3 is 24.0 Å². The molecule has 16 rings (SSSR count). The SMILES string of the molecule is CCCCOc1nc(N)c2c(n1)N(CCC1CCNCC1)CC(=O)C2.CCCCOc1nc(N)c2c(n1)N(Cc1ccc3c(c1)CCN(C(C)C)C3)CC(=O)C2.CCCCOc1nc(N)c2c(n1)N(Cc1ccc3c(c1)CCN(CC)C3)CC(=O)C2.CCCCOc1nc(N)c2c(n1)N(Cc1ccc3c(c1)CCN(CC1CC1)C3)CC(=O)C2. The fourth-order valence-corrected chi connectivity index (χ4v) is 16.8. The molecular weight excluding hydrogens is 1490 g/mol. The Kier molecular flexibility index (Phi) is 30.0. The van der Waals surface area contributed by atoms with Crippen molar-refractivity contribution < 1.29 is 38.1 Å². The smallest absolute Gasteiger partial charge is 0.320 e. The molecule has 1 saturated carbocycles. The highest BCUT2D eigenvalue weighted by molar-refractivity contribution is 5.93. The number of nitrogens with two attached hydrogens (primary N) is 4. The van der Waals surface area contributed by atoms with Crippen LogP contribution < -0.4 is 66.8 Å². The van der Waals surface area contributed by atoms with Gasteiger partial charge in [0.05, 0.1) is 52.6 Å². The van der Waals surface area contributed by atoms with E-state index in [1.54, 1.807) is 0 Å². The minimum absolute atomic E-state index is 0.132. The van der Waals surface area contributed by atoms with Crippen molar-refractivity contribution in [3.05, 3.63) is 127 Å². The Labute approximate surface area is 696 Å². The fourth-order valence-electron chi connectivity index (χ4n) is 16.8. The topological polar surface area (TPSA) is 347 Å². The van der Waals surface area contributed by atoms with Crippen molar-refractivity contribution >= 4 is 69.7 Å². The Balaban J connectivity index is 0.000000137. The van der Waals surface area contributed by atoms with Gasteiger partial charge in [0.2, 0.25) is 0 Å². The molecule has 1 aliphatic carbocycles. The molecule has 3 aromatic carbocycles. The molecule has 0 amide bonds. The Morgan fingerprint density at radius 3 is 1.12 bits per heavy atom. The molecule has 9 N–H and O–H groups in total. The van der Waals surface area contributed by atoms with Crippen LogP contribution in [0.3, 0.4) is 0 Å². The first-order chi connectivity index (χ1) is 57.3. The van der Waals surface area contributed by atoms with Crippen LogP contribution in [0.5, 0.6) is 24.0 Å². The maximum atomic E-state index is 12.4. The molecule has 4 aromatic heterocycles. The number of nitrogen functional groups attached to an aromatic ring is 4. The summed E-state index contributed by atoms with van der Waals surface area (Å²) < 4.78 is 22.8. The Morgan fingerprint density at radius 2 is 0.754 bits per heavy atom. The number of ether oxygens (including phenoxy) is 4. The van der Waals surface area contributed by atoms with Gasteiger partial charge in [-0.25, -0.2) is 0 Å². The van der Waals surface area contributed by atoms with Crippen LogP contribution in [-0.2, 0) is 103 Å². The number of unbranched alkanes of at least 4 members (excludes halogenated alkanes) is 4. The van der Waals surface area contributed by atoms with Crippen molar-refractivity contribution in [2.45, 2.75) is 222 Å². The van der Waals surface area contributed by atoms with Crippen LogP contribution in [0, 0.1) is 11.8 Å². The third-order valence-corrected chi connectivity index (χ3v) is 23.9. The number of carbonyl (C=O) groups excluding carboxylic acids is 4. The van der Waals surface area contributed by atoms with E-state index in [9.17, 15) is 19.2 Å². The van der Waals surface area contributed by atoms with Gasteiger partial charge in [0.15, 0.2) is 23.1 Å². The Bertz CT molecular complexity index is 4630. The number of hydrogen-bond acceptors (Lipinski definition) is 28. The number of carbonyl (C=O) groups is 4. The highest BCUT2D eigenvalue weighted by Crippen LogP contribution is 2.38. The quantitative estimate of drug-likeness (QED) is 0.0272. The summed E-state index contributed by atoms with van der Waals surface area (Å²) >= 11 is 0. The number of piperidine rings is 1. The van der Waals surface area contributed by atoms with E-state index in [-0.39, 0.29) is 42.4 Å². The summed E-state index contributed by atoms with van der Waals surface area (Å²) in [7, 11) is 0. The van der Waals surface area contributed by atoms with E-state index >= 15 is 0 Å². The third-order valence-electron chi connectivity index (χ3n) is 23.9. The average Bonchev–Trinajstić information content (AvgIpc) is 0.917. The summed E-state index contributed by atoms with van der Waals surface area (Å²) in [5.74, 6) is 6.59. The van der Waals surface area contributed by atoms with Crippen molar-refractivity contribution in [1.29, 1.82) is 0 Å². The van der Waals surface area contributed by atoms with E-state index in [1.807, 2.05) is 14.7 Å². The van der Waals surface area contributed by atoms with Gasteiger partial charge in [0.25, 0.3) is 0 Å². The van der Waals surface area contributed by atoms with Crippen molar-refractivity contribution in [2.24, 2.45) is 11.8 Å². The molecule has 0 atom stereocenters. The van der Waals surface area contributed by atoms with Crippen molar-refractivity contribution in [3.63, 3.8) is 0 Å². The Hall–Kier alpha value is -9.90. The number of aromatic nitrogens is 8. The number of rotatable bonds is 29. The normalized spacial score (nSPS) is 17.3. The zero-order valence-corrected chi connectivity index (χ0v) is 70.9. The van der Waals surface area contributed by atoms with Crippen LogP contribution >= 0.6 is 0 Å². The van der Waals surface area contributed by atoms with E-state index in [1.165, 1.54) is 82.3 Å². The van der Waals surface area contributed by atoms with Gasteiger partial charge in [-0.1, -0.05) is 115 Å². The van der Waals surface area contributed by atoms with Gasteiger partial charge in [-0.05, 0) is 172 Å². The third kappa shape index (κ3) is 22.9. The molecule has 2 fully saturated rings. The summed E-state index contributed by atoms with van der Waals surface area (Å²) in [5.41, 5.74) is 39.6. The first-order valence-corrected chi connectivity index (χ1v) is 43.7. The molecule has 0 spiro atoms. The van der Waals surface area contributed by atoms with Crippen molar-refractivity contribution in [1.82, 2.24) is 59.9 Å². The monoisotopic (exact) mass is 1620 g/mol. The van der Waals surface area contributed by atoms with E-state index in [4.69, 9.17) is 41.9 Å². The van der Waals surface area contributed by atoms with E-state index < -0.39 is 0 Å². The number of likely N-dealkylation sites (N-methyl/N-ethyl adjacent to an activating group) is 1. The van der Waals surface area contributed by atoms with Crippen LogP contribution in [0.1, 0.15) is 204 Å². The lowest BCUT2D eigenvalue weighted by atomic mass is 9.94. The molecule has 1 saturated heterocycles. The van der Waals surface area contributed by atoms with Crippen LogP contribution in [0.4, 0.5) is 46.5 Å². The van der Waals surface area contributed by atoms with Gasteiger partial charge in [-0.2, -0.15) is 39.9 Å². The lowest BCUT2D eigenvalue weighted by Crippen LogP contribution is -2.39. The van der Waals surface area contributed by atoms with Crippen molar-refractivity contribution in [2.75, 3.05) is 147 Å². The van der Waals surface area contributed by atoms with E-state index in [2.05, 4.69) is 168 Å². The van der Waals surface area contributed by atoms with Gasteiger partial charge in [0, 0.05) is 126 Å². The standard InChI is InChI=1S/C25H33N5O2.C24H33N5O2.C23H31N5O2.C18H29N5O2/c1-2-3-10-32-25-27-23(26)22-12-21(31)16-30(24(22)28-25)14-18-6-7-20-15-29(13-17-4-5-17)9-8-19(20)11-18;1-4-5-10-31-24-26-22(25)21-12-20(30)15-29(23(21)27-24)13-17-6-7-19-14-28(16(2)3)9-8-18(19)11-17;1-3-5-10-30-23-25-21(24)20-12-19(29)15-28(22(20)26-23)13-16-6-7-18-14-27(4-2)9-8-17(18)11-16;1-2-3-10-25-18-21-16(19)15-11-14(24)12-23(17(15)22-18)9-6-13-4-7-20-8-5-13/h6-7,11,17H,2-5,8-10,12-16H2,1H3,(H2,26,27,28);6-7,11,16H,4-5,8-10,12-15H2,1-3H3,(H2,25,26,27);6-7,11H,3-5,8-10,12-15H2,1-2H3,(H2,24,25,26);13,20H,2-12H2,1H3,(H2,19,21,22). The second-order valence-corrected chi connectivity index (χ2v) is 33.6. The van der Waals surface area contributed by atoms with E-state index in [0.717, 1.165) is 183 Å². The molecule has 0 radical (unpaired) electrons. The molecule has 7 aromatic rings. The van der Waals surface area contributed by atoms with Crippen LogP contribution in [0.15, 0.2) is 54.6 Å². The summed E-state index contributed by atoms with van der Waals surface area (Å²) in [6, 6.07) is 21.9. The van der Waals surface area contributed by atoms with Crippen molar-refractivity contribution in [3.8, 4) is 24.0 Å². The molecule has 9 aliphatic rings. The number of nitrogens with zero attached hydrogens (tertiary/aromatic N) is 15. The largest absolute Gasteiger partial charge is 0.463 e. The average molecular weight is 1620 g/mol. The van der Waals surface area contributed by atoms with Crippen LogP contribution in [0.25, 0.3) is 0 Å².